The predicted octanol–water partition coefficient (Wildman–Crippen LogP) is 2.02. The van der Waals surface area contributed by atoms with Crippen molar-refractivity contribution in [2.75, 3.05) is 18.2 Å². The zero-order valence-corrected chi connectivity index (χ0v) is 15.5. The van der Waals surface area contributed by atoms with Gasteiger partial charge in [-0.25, -0.2) is 4.68 Å². The fraction of sp³-hybridized carbons (Fsp3) is 0.333. The molecule has 8 nitrogen and oxygen atoms in total. The molecule has 2 aromatic rings. The fourth-order valence-electron chi connectivity index (χ4n) is 1.84. The third-order valence-electron chi connectivity index (χ3n) is 3.24. The molecule has 2 aromatic heterocycles. The number of aromatic nitrogens is 3. The molecule has 2 rings (SSSR count). The van der Waals surface area contributed by atoms with Crippen LogP contribution in [0.4, 0.5) is 5.69 Å². The first-order valence-corrected chi connectivity index (χ1v) is 9.43. The van der Waals surface area contributed by atoms with Gasteiger partial charge in [0.2, 0.25) is 0 Å². The van der Waals surface area contributed by atoms with Crippen LogP contribution in [0.25, 0.3) is 5.69 Å². The van der Waals surface area contributed by atoms with Gasteiger partial charge in [-0.15, -0.1) is 0 Å². The van der Waals surface area contributed by atoms with Gasteiger partial charge in [-0.05, 0) is 26.0 Å². The number of carbonyl (C=O) groups is 1. The summed E-state index contributed by atoms with van der Waals surface area (Å²) < 4.78 is 13.2. The van der Waals surface area contributed by atoms with E-state index in [2.05, 4.69) is 20.6 Å². The summed E-state index contributed by atoms with van der Waals surface area (Å²) in [4.78, 5) is 21.5. The lowest BCUT2D eigenvalue weighted by Crippen LogP contribution is -2.34. The van der Waals surface area contributed by atoms with Crippen LogP contribution >= 0.6 is 11.6 Å². The van der Waals surface area contributed by atoms with Crippen LogP contribution in [-0.4, -0.2) is 48.7 Å². The van der Waals surface area contributed by atoms with E-state index in [1.54, 1.807) is 44.6 Å². The minimum Gasteiger partial charge on any atom is -0.396 e. The van der Waals surface area contributed by atoms with Gasteiger partial charge in [0.25, 0.3) is 5.91 Å². The fourth-order valence-corrected chi connectivity index (χ4v) is 2.48. The van der Waals surface area contributed by atoms with E-state index in [4.69, 9.17) is 16.4 Å². The van der Waals surface area contributed by atoms with Crippen molar-refractivity contribution in [2.45, 2.75) is 19.1 Å². The van der Waals surface area contributed by atoms with Crippen LogP contribution in [0.3, 0.4) is 0 Å². The Morgan fingerprint density at radius 1 is 1.56 bits per heavy atom. The molecule has 2 unspecified atom stereocenters. The minimum absolute atomic E-state index is 0.0212. The first-order valence-electron chi connectivity index (χ1n) is 7.43. The number of hydrogen-bond acceptors (Lipinski definition) is 6. The van der Waals surface area contributed by atoms with Gasteiger partial charge in [-0.3, -0.25) is 14.0 Å². The molecular formula is C15H18ClN5O3S. The number of amides is 1. The van der Waals surface area contributed by atoms with Crippen LogP contribution < -0.4 is 5.32 Å². The largest absolute Gasteiger partial charge is 0.396 e. The van der Waals surface area contributed by atoms with E-state index in [9.17, 15) is 9.00 Å². The highest BCUT2D eigenvalue weighted by Crippen LogP contribution is 2.22. The Hall–Kier alpha value is -2.26. The van der Waals surface area contributed by atoms with Crippen LogP contribution in [0.15, 0.2) is 35.9 Å². The van der Waals surface area contributed by atoms with Crippen molar-refractivity contribution in [1.82, 2.24) is 14.8 Å². The third kappa shape index (κ3) is 4.86. The van der Waals surface area contributed by atoms with Gasteiger partial charge in [-0.2, -0.15) is 5.10 Å². The average Bonchev–Trinajstić information content (AvgIpc) is 2.96. The highest BCUT2D eigenvalue weighted by atomic mass is 35.5. The second-order valence-corrected chi connectivity index (χ2v) is 7.04. The maximum absolute atomic E-state index is 12.5. The van der Waals surface area contributed by atoms with Gasteiger partial charge in [-0.1, -0.05) is 16.8 Å². The molecule has 0 aliphatic carbocycles. The van der Waals surface area contributed by atoms with E-state index in [0.29, 0.717) is 18.0 Å². The van der Waals surface area contributed by atoms with Gasteiger partial charge in [0.05, 0.1) is 29.0 Å². The van der Waals surface area contributed by atoms with Crippen molar-refractivity contribution in [1.29, 1.82) is 0 Å². The number of halogens is 1. The molecule has 25 heavy (non-hydrogen) atoms. The molecule has 2 atom stereocenters. The normalized spacial score (nSPS) is 14.0. The lowest BCUT2D eigenvalue weighted by molar-refractivity contribution is -0.110. The molecule has 0 radical (unpaired) electrons. The maximum Gasteiger partial charge on any atom is 0.274 e. The zero-order valence-electron chi connectivity index (χ0n) is 14.0. The van der Waals surface area contributed by atoms with Crippen molar-refractivity contribution >= 4 is 39.7 Å². The molecule has 0 aliphatic heterocycles. The number of oxime groups is 1. The van der Waals surface area contributed by atoms with Crippen LogP contribution in [0.1, 0.15) is 13.8 Å². The van der Waals surface area contributed by atoms with Crippen LogP contribution in [0.5, 0.6) is 0 Å². The van der Waals surface area contributed by atoms with E-state index in [1.807, 2.05) is 0 Å². The Kier molecular flexibility index (Phi) is 6.65. The summed E-state index contributed by atoms with van der Waals surface area (Å²) in [7, 11) is -1.29. The summed E-state index contributed by atoms with van der Waals surface area (Å²) in [6, 6.07) is 3.56. The van der Waals surface area contributed by atoms with Crippen molar-refractivity contribution in [3.05, 3.63) is 35.9 Å². The summed E-state index contributed by atoms with van der Waals surface area (Å²) in [5.41, 5.74) is 1.01. The molecular weight excluding hydrogens is 366 g/mol. The minimum atomic E-state index is -1.29. The number of anilines is 1. The van der Waals surface area contributed by atoms with Crippen LogP contribution in [-0.2, 0) is 20.4 Å². The van der Waals surface area contributed by atoms with Crippen molar-refractivity contribution in [3.63, 3.8) is 0 Å². The van der Waals surface area contributed by atoms with E-state index in [0.717, 1.165) is 0 Å². The summed E-state index contributed by atoms with van der Waals surface area (Å²) in [5.74, 6) is -0.552. The monoisotopic (exact) mass is 383 g/mol. The summed E-state index contributed by atoms with van der Waals surface area (Å²) >= 11 is 6.09. The molecule has 1 N–H and O–H groups in total. The summed E-state index contributed by atoms with van der Waals surface area (Å²) in [5, 5.41) is 10.1. The molecule has 0 aliphatic rings. The van der Waals surface area contributed by atoms with Crippen molar-refractivity contribution in [2.24, 2.45) is 5.16 Å². The molecule has 0 saturated heterocycles. The number of carbonyl (C=O) groups excluding carboxylic acids is 1. The number of pyridine rings is 1. The second-order valence-electron chi connectivity index (χ2n) is 4.98. The summed E-state index contributed by atoms with van der Waals surface area (Å²) in [6.45, 7) is 3.66. The van der Waals surface area contributed by atoms with Crippen molar-refractivity contribution in [3.8, 4) is 5.69 Å². The topological polar surface area (TPSA) is 98.5 Å². The van der Waals surface area contributed by atoms with Gasteiger partial charge in [0.15, 0.2) is 10.9 Å². The van der Waals surface area contributed by atoms with E-state index < -0.39 is 22.0 Å². The van der Waals surface area contributed by atoms with Crippen LogP contribution in [0, 0.1) is 0 Å². The molecule has 1 amide bonds. The lowest BCUT2D eigenvalue weighted by Gasteiger charge is -2.11. The van der Waals surface area contributed by atoms with Gasteiger partial charge in [0, 0.05) is 23.3 Å². The molecule has 0 saturated carbocycles. The quantitative estimate of drug-likeness (QED) is 0.582. The number of rotatable bonds is 7. The average molecular weight is 384 g/mol. The van der Waals surface area contributed by atoms with E-state index in [-0.39, 0.29) is 10.9 Å². The Morgan fingerprint density at radius 2 is 2.32 bits per heavy atom. The number of nitrogens with one attached hydrogen (secondary N) is 1. The molecule has 0 fully saturated rings. The van der Waals surface area contributed by atoms with Crippen molar-refractivity contribution < 1.29 is 13.8 Å². The van der Waals surface area contributed by atoms with E-state index in [1.165, 1.54) is 10.9 Å². The number of hydrogen-bond donors (Lipinski definition) is 1. The zero-order chi connectivity index (χ0) is 18.4. The van der Waals surface area contributed by atoms with Gasteiger partial charge < -0.3 is 10.2 Å². The highest BCUT2D eigenvalue weighted by Gasteiger charge is 2.24. The third-order valence-corrected chi connectivity index (χ3v) is 4.73. The molecule has 0 bridgehead atoms. The predicted molar refractivity (Wildman–Crippen MR) is 97.6 cm³/mol. The van der Waals surface area contributed by atoms with Crippen LogP contribution in [0.2, 0.25) is 5.15 Å². The molecule has 0 aromatic carbocycles. The standard InChI is InChI=1S/C15H18ClN5O3S/c1-4-24-20-13(10(2)25(3)23)15(22)18-12-9-21(19-14(12)16)11-6-5-7-17-8-11/h5-10H,4H2,1-3H3,(H,18,22)/b20-13+. The Balaban J connectivity index is 2.24. The second kappa shape index (κ2) is 8.72. The molecule has 2 heterocycles. The Morgan fingerprint density at radius 3 is 2.92 bits per heavy atom. The van der Waals surface area contributed by atoms with Gasteiger partial charge in [0.1, 0.15) is 6.61 Å². The van der Waals surface area contributed by atoms with Gasteiger partial charge >= 0.3 is 0 Å². The summed E-state index contributed by atoms with van der Waals surface area (Å²) in [6.07, 6.45) is 6.30. The highest BCUT2D eigenvalue weighted by molar-refractivity contribution is 7.85. The number of nitrogens with zero attached hydrogens (tertiary/aromatic N) is 4. The SMILES string of the molecule is CCO/N=C(/C(=O)Nc1cn(-c2cccnc2)nc1Cl)C(C)S(C)=O. The molecule has 0 spiro atoms. The lowest BCUT2D eigenvalue weighted by atomic mass is 10.2. The smallest absolute Gasteiger partial charge is 0.274 e. The first-order chi connectivity index (χ1) is 11.9. The Bertz CT molecular complexity index is 794. The maximum atomic E-state index is 12.5. The molecule has 134 valence electrons. The molecule has 10 heteroatoms. The van der Waals surface area contributed by atoms with E-state index >= 15 is 0 Å². The Labute approximate surface area is 152 Å². The first kappa shape index (κ1) is 19.1.